The molecule has 2 heteroatoms. The first-order chi connectivity index (χ1) is 8.25. The summed E-state index contributed by atoms with van der Waals surface area (Å²) in [6, 6.07) is 17.0. The topological polar surface area (TPSA) is 20.2 Å². The van der Waals surface area contributed by atoms with Gasteiger partial charge in [0.05, 0.1) is 6.10 Å². The van der Waals surface area contributed by atoms with Gasteiger partial charge in [-0.15, -0.1) is 0 Å². The summed E-state index contributed by atoms with van der Waals surface area (Å²) >= 11 is 5.88. The van der Waals surface area contributed by atoms with Crippen LogP contribution < -0.4 is 0 Å². The average Bonchev–Trinajstić information content (AvgIpc) is 2.37. The van der Waals surface area contributed by atoms with Crippen LogP contribution in [0.1, 0.15) is 17.2 Å². The molecule has 86 valence electrons. The van der Waals surface area contributed by atoms with Gasteiger partial charge in [0.2, 0.25) is 0 Å². The van der Waals surface area contributed by atoms with Gasteiger partial charge in [0.15, 0.2) is 0 Å². The summed E-state index contributed by atoms with van der Waals surface area (Å²) in [4.78, 5) is 0. The molecular weight excluding hydrogens is 232 g/mol. The van der Waals surface area contributed by atoms with Gasteiger partial charge < -0.3 is 5.11 Å². The van der Waals surface area contributed by atoms with Crippen molar-refractivity contribution in [1.29, 1.82) is 0 Å². The molecule has 1 N–H and O–H groups in total. The molecule has 1 atom stereocenters. The Balaban J connectivity index is 2.11. The lowest BCUT2D eigenvalue weighted by Gasteiger charge is -2.05. The van der Waals surface area contributed by atoms with Gasteiger partial charge in [0.1, 0.15) is 0 Å². The van der Waals surface area contributed by atoms with E-state index in [0.29, 0.717) is 5.02 Å². The van der Waals surface area contributed by atoms with Gasteiger partial charge in [0, 0.05) is 5.02 Å². The summed E-state index contributed by atoms with van der Waals surface area (Å²) in [5.74, 6) is 0. The van der Waals surface area contributed by atoms with Gasteiger partial charge in [-0.2, -0.15) is 0 Å². The van der Waals surface area contributed by atoms with Crippen molar-refractivity contribution in [1.82, 2.24) is 0 Å². The van der Waals surface area contributed by atoms with E-state index in [-0.39, 0.29) is 0 Å². The minimum absolute atomic E-state index is 0.588. The van der Waals surface area contributed by atoms with E-state index in [4.69, 9.17) is 11.6 Å². The Morgan fingerprint density at radius 2 is 1.76 bits per heavy atom. The van der Waals surface area contributed by atoms with Crippen LogP contribution in [0.5, 0.6) is 0 Å². The van der Waals surface area contributed by atoms with Crippen LogP contribution in [0.3, 0.4) is 0 Å². The van der Waals surface area contributed by atoms with Gasteiger partial charge in [-0.1, -0.05) is 66.2 Å². The first-order valence-electron chi connectivity index (χ1n) is 5.42. The molecule has 2 rings (SSSR count). The molecule has 0 aliphatic carbocycles. The summed E-state index contributed by atoms with van der Waals surface area (Å²) in [7, 11) is 0. The Labute approximate surface area is 106 Å². The molecule has 0 saturated heterocycles. The van der Waals surface area contributed by atoms with Gasteiger partial charge in [-0.3, -0.25) is 0 Å². The zero-order valence-electron chi connectivity index (χ0n) is 9.25. The van der Waals surface area contributed by atoms with E-state index in [1.165, 1.54) is 0 Å². The second kappa shape index (κ2) is 5.67. The van der Waals surface area contributed by atoms with E-state index < -0.39 is 6.10 Å². The fourth-order valence-corrected chi connectivity index (χ4v) is 1.77. The molecule has 0 amide bonds. The fraction of sp³-hybridized carbons (Fsp3) is 0.0667. The standard InChI is InChI=1S/C15H13ClO/c16-14-8-4-5-12(11-14)9-10-15(17)13-6-2-1-3-7-13/h1-11,15,17H/b10-9+/t15-/m1/s1. The van der Waals surface area contributed by atoms with Crippen LogP contribution in [0.2, 0.25) is 5.02 Å². The van der Waals surface area contributed by atoms with E-state index in [1.807, 2.05) is 60.7 Å². The molecule has 0 bridgehead atoms. The highest BCUT2D eigenvalue weighted by Gasteiger charge is 2.01. The number of hydrogen-bond donors (Lipinski definition) is 1. The Morgan fingerprint density at radius 3 is 2.47 bits per heavy atom. The zero-order valence-corrected chi connectivity index (χ0v) is 10.0. The molecule has 1 nitrogen and oxygen atoms in total. The van der Waals surface area contributed by atoms with Crippen LogP contribution in [0.25, 0.3) is 6.08 Å². The molecule has 0 fully saturated rings. The number of hydrogen-bond acceptors (Lipinski definition) is 1. The maximum absolute atomic E-state index is 9.93. The normalized spacial score (nSPS) is 12.8. The fourth-order valence-electron chi connectivity index (χ4n) is 1.57. The minimum Gasteiger partial charge on any atom is -0.384 e. The predicted octanol–water partition coefficient (Wildman–Crippen LogP) is 4.09. The van der Waals surface area contributed by atoms with Gasteiger partial charge >= 0.3 is 0 Å². The van der Waals surface area contributed by atoms with E-state index >= 15 is 0 Å². The Bertz CT molecular complexity index is 505. The van der Waals surface area contributed by atoms with Crippen molar-refractivity contribution >= 4 is 17.7 Å². The van der Waals surface area contributed by atoms with E-state index in [9.17, 15) is 5.11 Å². The summed E-state index contributed by atoms with van der Waals surface area (Å²) in [6.45, 7) is 0. The first-order valence-corrected chi connectivity index (χ1v) is 5.80. The Hall–Kier alpha value is -1.57. The average molecular weight is 245 g/mol. The van der Waals surface area contributed by atoms with Crippen molar-refractivity contribution < 1.29 is 5.11 Å². The quantitative estimate of drug-likeness (QED) is 0.862. The lowest BCUT2D eigenvalue weighted by molar-refractivity contribution is 0.229. The second-order valence-corrected chi connectivity index (χ2v) is 4.21. The van der Waals surface area contributed by atoms with Crippen LogP contribution in [0.15, 0.2) is 60.7 Å². The van der Waals surface area contributed by atoms with Crippen LogP contribution in [0, 0.1) is 0 Å². The van der Waals surface area contributed by atoms with Crippen LogP contribution in [0.4, 0.5) is 0 Å². The number of rotatable bonds is 3. The second-order valence-electron chi connectivity index (χ2n) is 3.77. The molecule has 0 heterocycles. The molecule has 0 saturated carbocycles. The molecule has 0 aromatic heterocycles. The summed E-state index contributed by atoms with van der Waals surface area (Å²) in [5.41, 5.74) is 1.86. The van der Waals surface area contributed by atoms with Crippen molar-refractivity contribution in [2.24, 2.45) is 0 Å². The van der Waals surface area contributed by atoms with E-state index in [2.05, 4.69) is 0 Å². The third kappa shape index (κ3) is 3.45. The maximum atomic E-state index is 9.93. The van der Waals surface area contributed by atoms with Gasteiger partial charge in [-0.25, -0.2) is 0 Å². The van der Waals surface area contributed by atoms with Crippen molar-refractivity contribution in [3.63, 3.8) is 0 Å². The highest BCUT2D eigenvalue weighted by atomic mass is 35.5. The van der Waals surface area contributed by atoms with Crippen molar-refractivity contribution in [3.05, 3.63) is 76.8 Å². The van der Waals surface area contributed by atoms with E-state index in [0.717, 1.165) is 11.1 Å². The first kappa shape index (κ1) is 11.9. The van der Waals surface area contributed by atoms with Crippen LogP contribution >= 0.6 is 11.6 Å². The lowest BCUT2D eigenvalue weighted by atomic mass is 10.1. The SMILES string of the molecule is O[C@H](/C=C/c1cccc(Cl)c1)c1ccccc1. The number of aliphatic hydroxyl groups excluding tert-OH is 1. The Morgan fingerprint density at radius 1 is 1.00 bits per heavy atom. The van der Waals surface area contributed by atoms with Crippen molar-refractivity contribution in [2.45, 2.75) is 6.10 Å². The number of aliphatic hydroxyl groups is 1. The molecule has 0 aliphatic rings. The Kier molecular flexibility index (Phi) is 3.97. The molecular formula is C15H13ClO. The highest BCUT2D eigenvalue weighted by molar-refractivity contribution is 6.30. The molecule has 17 heavy (non-hydrogen) atoms. The molecule has 0 radical (unpaired) electrons. The molecule has 0 unspecified atom stereocenters. The molecule has 2 aromatic carbocycles. The molecule has 0 aliphatic heterocycles. The third-order valence-corrected chi connectivity index (χ3v) is 2.70. The highest BCUT2D eigenvalue weighted by Crippen LogP contribution is 2.17. The molecule has 2 aromatic rings. The minimum atomic E-state index is -0.588. The van der Waals surface area contributed by atoms with Gasteiger partial charge in [-0.05, 0) is 23.3 Å². The van der Waals surface area contributed by atoms with E-state index in [1.54, 1.807) is 6.08 Å². The summed E-state index contributed by atoms with van der Waals surface area (Å²) in [6.07, 6.45) is 3.03. The summed E-state index contributed by atoms with van der Waals surface area (Å²) in [5, 5.41) is 10.6. The third-order valence-electron chi connectivity index (χ3n) is 2.46. The lowest BCUT2D eigenvalue weighted by Crippen LogP contribution is -1.91. The summed E-state index contributed by atoms with van der Waals surface area (Å²) < 4.78 is 0. The number of benzene rings is 2. The van der Waals surface area contributed by atoms with Crippen molar-refractivity contribution in [3.8, 4) is 0 Å². The van der Waals surface area contributed by atoms with Crippen molar-refractivity contribution in [2.75, 3.05) is 0 Å². The largest absolute Gasteiger partial charge is 0.384 e. The predicted molar refractivity (Wildman–Crippen MR) is 71.9 cm³/mol. The maximum Gasteiger partial charge on any atom is 0.0975 e. The molecule has 0 spiro atoms. The number of halogens is 1. The smallest absolute Gasteiger partial charge is 0.0975 e. The monoisotopic (exact) mass is 244 g/mol. The van der Waals surface area contributed by atoms with Gasteiger partial charge in [0.25, 0.3) is 0 Å². The van der Waals surface area contributed by atoms with Crippen LogP contribution in [-0.2, 0) is 0 Å². The van der Waals surface area contributed by atoms with Crippen LogP contribution in [-0.4, -0.2) is 5.11 Å². The zero-order chi connectivity index (χ0) is 12.1.